The summed E-state index contributed by atoms with van der Waals surface area (Å²) in [6.45, 7) is 3.98. The van der Waals surface area contributed by atoms with Crippen molar-refractivity contribution >= 4 is 0 Å². The Balaban J connectivity index is 2.04. The fourth-order valence-electron chi connectivity index (χ4n) is 2.54. The Morgan fingerprint density at radius 2 is 1.95 bits per heavy atom. The molecule has 1 aromatic carbocycles. The molecule has 1 fully saturated rings. The highest BCUT2D eigenvalue weighted by Crippen LogP contribution is 2.39. The SMILES string of the molecule is CC(C)n1ccn(-c2ccccc2CC2(O)CC2)c1=O. The van der Waals surface area contributed by atoms with Crippen LogP contribution in [0, 0.1) is 0 Å². The molecule has 1 aliphatic carbocycles. The highest BCUT2D eigenvalue weighted by Gasteiger charge is 2.40. The molecule has 1 heterocycles. The molecule has 0 bridgehead atoms. The minimum Gasteiger partial charge on any atom is -0.390 e. The van der Waals surface area contributed by atoms with E-state index in [1.807, 2.05) is 44.3 Å². The molecule has 1 saturated carbocycles. The number of imidazole rings is 1. The number of aromatic nitrogens is 2. The first-order valence-electron chi connectivity index (χ1n) is 7.10. The number of rotatable bonds is 4. The van der Waals surface area contributed by atoms with E-state index in [0.717, 1.165) is 24.1 Å². The standard InChI is InChI=1S/C16H20N2O2/c1-12(2)17-9-10-18(15(17)19)14-6-4-3-5-13(14)11-16(20)7-8-16/h3-6,9-10,12,20H,7-8,11H2,1-2H3. The molecule has 1 aliphatic rings. The van der Waals surface area contributed by atoms with Gasteiger partial charge < -0.3 is 5.11 Å². The number of hydrogen-bond acceptors (Lipinski definition) is 2. The average molecular weight is 272 g/mol. The van der Waals surface area contributed by atoms with Crippen LogP contribution in [0.3, 0.4) is 0 Å². The van der Waals surface area contributed by atoms with E-state index < -0.39 is 5.60 Å². The zero-order valence-corrected chi connectivity index (χ0v) is 11.9. The highest BCUT2D eigenvalue weighted by atomic mass is 16.3. The van der Waals surface area contributed by atoms with Crippen LogP contribution in [-0.2, 0) is 6.42 Å². The van der Waals surface area contributed by atoms with E-state index in [4.69, 9.17) is 0 Å². The molecule has 0 saturated heterocycles. The largest absolute Gasteiger partial charge is 0.390 e. The number of aliphatic hydroxyl groups is 1. The zero-order chi connectivity index (χ0) is 14.3. The smallest absolute Gasteiger partial charge is 0.332 e. The first-order valence-corrected chi connectivity index (χ1v) is 7.10. The topological polar surface area (TPSA) is 47.2 Å². The van der Waals surface area contributed by atoms with Crippen LogP contribution in [-0.4, -0.2) is 19.8 Å². The van der Waals surface area contributed by atoms with Crippen LogP contribution < -0.4 is 5.69 Å². The lowest BCUT2D eigenvalue weighted by Gasteiger charge is -2.13. The molecule has 0 radical (unpaired) electrons. The van der Waals surface area contributed by atoms with E-state index in [0.29, 0.717) is 6.42 Å². The van der Waals surface area contributed by atoms with Gasteiger partial charge in [0.1, 0.15) is 0 Å². The minimum absolute atomic E-state index is 0.0322. The normalized spacial score (nSPS) is 16.6. The molecule has 1 N–H and O–H groups in total. The Kier molecular flexibility index (Phi) is 3.05. The summed E-state index contributed by atoms with van der Waals surface area (Å²) in [4.78, 5) is 12.4. The van der Waals surface area contributed by atoms with Gasteiger partial charge in [0.05, 0.1) is 11.3 Å². The molecule has 4 nitrogen and oxygen atoms in total. The molecular formula is C16H20N2O2. The van der Waals surface area contributed by atoms with Crippen molar-refractivity contribution in [3.05, 3.63) is 52.7 Å². The van der Waals surface area contributed by atoms with E-state index >= 15 is 0 Å². The molecule has 106 valence electrons. The van der Waals surface area contributed by atoms with Crippen LogP contribution in [0.1, 0.15) is 38.3 Å². The van der Waals surface area contributed by atoms with Crippen molar-refractivity contribution < 1.29 is 5.11 Å². The summed E-state index contributed by atoms with van der Waals surface area (Å²) < 4.78 is 3.38. The maximum absolute atomic E-state index is 12.4. The molecule has 0 unspecified atom stereocenters. The van der Waals surface area contributed by atoms with Crippen LogP contribution in [0.5, 0.6) is 0 Å². The summed E-state index contributed by atoms with van der Waals surface area (Å²) in [5.74, 6) is 0. The Bertz CT molecular complexity index is 678. The van der Waals surface area contributed by atoms with Gasteiger partial charge in [-0.3, -0.25) is 9.13 Å². The van der Waals surface area contributed by atoms with E-state index in [1.54, 1.807) is 15.3 Å². The summed E-state index contributed by atoms with van der Waals surface area (Å²) in [6, 6.07) is 7.95. The van der Waals surface area contributed by atoms with Crippen LogP contribution in [0.2, 0.25) is 0 Å². The number of nitrogens with zero attached hydrogens (tertiary/aromatic N) is 2. The number of benzene rings is 1. The van der Waals surface area contributed by atoms with Gasteiger partial charge in [0.25, 0.3) is 0 Å². The Hall–Kier alpha value is -1.81. The van der Waals surface area contributed by atoms with Crippen molar-refractivity contribution in [1.82, 2.24) is 9.13 Å². The Labute approximate surface area is 118 Å². The van der Waals surface area contributed by atoms with Gasteiger partial charge in [0, 0.05) is 24.9 Å². The van der Waals surface area contributed by atoms with Gasteiger partial charge in [-0.1, -0.05) is 18.2 Å². The van der Waals surface area contributed by atoms with Crippen molar-refractivity contribution in [3.63, 3.8) is 0 Å². The van der Waals surface area contributed by atoms with E-state index in [2.05, 4.69) is 0 Å². The van der Waals surface area contributed by atoms with Crippen LogP contribution >= 0.6 is 0 Å². The predicted molar refractivity (Wildman–Crippen MR) is 78.3 cm³/mol. The molecule has 0 aliphatic heterocycles. The third-order valence-corrected chi connectivity index (χ3v) is 3.96. The van der Waals surface area contributed by atoms with Gasteiger partial charge in [0.15, 0.2) is 0 Å². The second-order valence-electron chi connectivity index (χ2n) is 5.98. The first kappa shape index (κ1) is 13.2. The fourth-order valence-corrected chi connectivity index (χ4v) is 2.54. The molecule has 4 heteroatoms. The van der Waals surface area contributed by atoms with Gasteiger partial charge in [0.2, 0.25) is 0 Å². The second-order valence-corrected chi connectivity index (χ2v) is 5.98. The average Bonchev–Trinajstić information content (AvgIpc) is 2.99. The van der Waals surface area contributed by atoms with Gasteiger partial charge in [-0.25, -0.2) is 4.79 Å². The Morgan fingerprint density at radius 1 is 1.25 bits per heavy atom. The third kappa shape index (κ3) is 2.31. The molecule has 2 aromatic rings. The van der Waals surface area contributed by atoms with Crippen LogP contribution in [0.4, 0.5) is 0 Å². The number of hydrogen-bond donors (Lipinski definition) is 1. The third-order valence-electron chi connectivity index (χ3n) is 3.96. The lowest BCUT2D eigenvalue weighted by atomic mass is 10.0. The molecule has 3 rings (SSSR count). The highest BCUT2D eigenvalue weighted by molar-refractivity contribution is 5.42. The molecule has 0 spiro atoms. The maximum atomic E-state index is 12.4. The quantitative estimate of drug-likeness (QED) is 0.928. The van der Waals surface area contributed by atoms with Gasteiger partial charge in [-0.2, -0.15) is 0 Å². The minimum atomic E-state index is -0.555. The lowest BCUT2D eigenvalue weighted by molar-refractivity contribution is 0.151. The van der Waals surface area contributed by atoms with Gasteiger partial charge >= 0.3 is 5.69 Å². The summed E-state index contributed by atoms with van der Waals surface area (Å²) in [6.07, 6.45) is 5.93. The molecular weight excluding hydrogens is 252 g/mol. The summed E-state index contributed by atoms with van der Waals surface area (Å²) in [7, 11) is 0. The van der Waals surface area contributed by atoms with Crippen molar-refractivity contribution in [2.45, 2.75) is 44.8 Å². The fraction of sp³-hybridized carbons (Fsp3) is 0.438. The van der Waals surface area contributed by atoms with Crippen LogP contribution in [0.15, 0.2) is 41.5 Å². The zero-order valence-electron chi connectivity index (χ0n) is 11.9. The maximum Gasteiger partial charge on any atom is 0.332 e. The van der Waals surface area contributed by atoms with Crippen molar-refractivity contribution in [2.24, 2.45) is 0 Å². The van der Waals surface area contributed by atoms with E-state index in [1.165, 1.54) is 0 Å². The van der Waals surface area contributed by atoms with Crippen molar-refractivity contribution in [1.29, 1.82) is 0 Å². The Morgan fingerprint density at radius 3 is 2.55 bits per heavy atom. The monoisotopic (exact) mass is 272 g/mol. The van der Waals surface area contributed by atoms with Crippen molar-refractivity contribution in [3.8, 4) is 5.69 Å². The summed E-state index contributed by atoms with van der Waals surface area (Å²) in [5, 5.41) is 10.1. The van der Waals surface area contributed by atoms with Crippen LogP contribution in [0.25, 0.3) is 5.69 Å². The number of para-hydroxylation sites is 1. The second kappa shape index (κ2) is 4.63. The molecule has 0 atom stereocenters. The van der Waals surface area contributed by atoms with Gasteiger partial charge in [-0.15, -0.1) is 0 Å². The summed E-state index contributed by atoms with van der Waals surface area (Å²) in [5.41, 5.74) is 1.31. The molecule has 20 heavy (non-hydrogen) atoms. The first-order chi connectivity index (χ1) is 9.50. The summed E-state index contributed by atoms with van der Waals surface area (Å²) >= 11 is 0. The van der Waals surface area contributed by atoms with Gasteiger partial charge in [-0.05, 0) is 38.3 Å². The lowest BCUT2D eigenvalue weighted by Crippen LogP contribution is -2.25. The van der Waals surface area contributed by atoms with E-state index in [9.17, 15) is 9.90 Å². The van der Waals surface area contributed by atoms with Crippen molar-refractivity contribution in [2.75, 3.05) is 0 Å². The molecule has 1 aromatic heterocycles. The molecule has 0 amide bonds. The van der Waals surface area contributed by atoms with E-state index in [-0.39, 0.29) is 11.7 Å². The predicted octanol–water partition coefficient (Wildman–Crippen LogP) is 2.29.